The number of anilines is 1. The molecular weight excluding hydrogens is 449 g/mol. The SMILES string of the molecule is CCCC.CSc1cc2c(cc1O/C=C(\F)C(=O)O)SN(C)CCN2C1CC(F)(F)C1. The third-order valence-corrected chi connectivity index (χ3v) is 6.74. The van der Waals surface area contributed by atoms with Crippen molar-refractivity contribution in [1.82, 2.24) is 4.31 Å². The first-order valence-electron chi connectivity index (χ1n) is 10.1. The van der Waals surface area contributed by atoms with Gasteiger partial charge >= 0.3 is 5.97 Å². The van der Waals surface area contributed by atoms with Crippen molar-refractivity contribution in [2.45, 2.75) is 61.3 Å². The first-order chi connectivity index (χ1) is 14.6. The number of halogens is 3. The zero-order valence-corrected chi connectivity index (χ0v) is 19.8. The second kappa shape index (κ2) is 11.4. The van der Waals surface area contributed by atoms with Crippen molar-refractivity contribution in [2.75, 3.05) is 31.3 Å². The number of aliphatic carboxylic acids is 1. The minimum atomic E-state index is -2.61. The number of carboxylic acids is 1. The molecular formula is C21H29F3N2O3S2. The summed E-state index contributed by atoms with van der Waals surface area (Å²) in [6.07, 6.45) is 4.67. The van der Waals surface area contributed by atoms with E-state index >= 15 is 0 Å². The van der Waals surface area contributed by atoms with Crippen LogP contribution in [0.4, 0.5) is 18.9 Å². The number of unbranched alkanes of at least 4 members (excludes halogenated alkanes) is 1. The Morgan fingerprint density at radius 1 is 1.32 bits per heavy atom. The predicted molar refractivity (Wildman–Crippen MR) is 120 cm³/mol. The number of thioether (sulfide) groups is 1. The fraction of sp³-hybridized carbons (Fsp3) is 0.571. The smallest absolute Gasteiger partial charge is 0.368 e. The second-order valence-corrected chi connectivity index (χ2v) is 9.51. The maximum Gasteiger partial charge on any atom is 0.368 e. The van der Waals surface area contributed by atoms with Crippen LogP contribution in [0.1, 0.15) is 39.5 Å². The number of hydrogen-bond acceptors (Lipinski definition) is 6. The van der Waals surface area contributed by atoms with Gasteiger partial charge in [0.1, 0.15) is 12.0 Å². The lowest BCUT2D eigenvalue weighted by molar-refractivity contribution is -0.134. The number of nitrogens with zero attached hydrogens (tertiary/aromatic N) is 2. The van der Waals surface area contributed by atoms with Gasteiger partial charge in [0.15, 0.2) is 0 Å². The van der Waals surface area contributed by atoms with Gasteiger partial charge in [-0.2, -0.15) is 4.39 Å². The number of rotatable bonds is 6. The summed E-state index contributed by atoms with van der Waals surface area (Å²) in [5, 5.41) is 8.61. The normalized spacial score (nSPS) is 18.9. The maximum atomic E-state index is 13.4. The van der Waals surface area contributed by atoms with Crippen LogP contribution in [0.3, 0.4) is 0 Å². The highest BCUT2D eigenvalue weighted by Crippen LogP contribution is 2.47. The average molecular weight is 479 g/mol. The minimum Gasteiger partial charge on any atom is -0.476 e. The van der Waals surface area contributed by atoms with Crippen LogP contribution in [0, 0.1) is 0 Å². The van der Waals surface area contributed by atoms with Crippen LogP contribution in [0.15, 0.2) is 34.0 Å². The molecule has 5 nitrogen and oxygen atoms in total. The van der Waals surface area contributed by atoms with Crippen molar-refractivity contribution in [2.24, 2.45) is 0 Å². The van der Waals surface area contributed by atoms with Crippen LogP contribution in [-0.4, -0.2) is 53.7 Å². The highest BCUT2D eigenvalue weighted by Gasteiger charge is 2.48. The van der Waals surface area contributed by atoms with Gasteiger partial charge in [-0.05, 0) is 37.4 Å². The van der Waals surface area contributed by atoms with Crippen LogP contribution < -0.4 is 9.64 Å². The molecule has 1 aliphatic carbocycles. The number of carbonyl (C=O) groups is 1. The molecule has 3 rings (SSSR count). The van der Waals surface area contributed by atoms with Gasteiger partial charge in [0, 0.05) is 32.0 Å². The fourth-order valence-corrected chi connectivity index (χ4v) is 4.53. The summed E-state index contributed by atoms with van der Waals surface area (Å²) in [6, 6.07) is 3.31. The lowest BCUT2D eigenvalue weighted by Crippen LogP contribution is -2.52. The number of ether oxygens (including phenoxy) is 1. The van der Waals surface area contributed by atoms with E-state index in [-0.39, 0.29) is 18.9 Å². The van der Waals surface area contributed by atoms with Crippen molar-refractivity contribution < 1.29 is 27.8 Å². The largest absolute Gasteiger partial charge is 0.476 e. The molecule has 2 aliphatic rings. The Kier molecular flexibility index (Phi) is 9.45. The summed E-state index contributed by atoms with van der Waals surface area (Å²) in [6.45, 7) is 5.68. The molecule has 1 fully saturated rings. The van der Waals surface area contributed by atoms with Gasteiger partial charge in [-0.15, -0.1) is 11.8 Å². The topological polar surface area (TPSA) is 53.0 Å². The van der Waals surface area contributed by atoms with Gasteiger partial charge in [0.2, 0.25) is 5.83 Å². The van der Waals surface area contributed by atoms with Gasteiger partial charge in [0.05, 0.1) is 15.5 Å². The number of carboxylic acid groups (broad SMARTS) is 1. The average Bonchev–Trinajstić information content (AvgIpc) is 2.86. The van der Waals surface area contributed by atoms with Gasteiger partial charge in [-0.25, -0.2) is 17.9 Å². The summed E-state index contributed by atoms with van der Waals surface area (Å²) >= 11 is 2.80. The lowest BCUT2D eigenvalue weighted by atomic mass is 9.86. The van der Waals surface area contributed by atoms with E-state index in [4.69, 9.17) is 9.84 Å². The second-order valence-electron chi connectivity index (χ2n) is 7.41. The predicted octanol–water partition coefficient (Wildman–Crippen LogP) is 6.05. The van der Waals surface area contributed by atoms with Crippen molar-refractivity contribution >= 4 is 35.4 Å². The Morgan fingerprint density at radius 2 is 1.97 bits per heavy atom. The maximum absolute atomic E-state index is 13.4. The summed E-state index contributed by atoms with van der Waals surface area (Å²) in [5.74, 6) is -5.40. The molecule has 1 aromatic carbocycles. The van der Waals surface area contributed by atoms with E-state index in [0.717, 1.165) is 10.6 Å². The Balaban J connectivity index is 0.000000785. The lowest BCUT2D eigenvalue weighted by Gasteiger charge is -2.43. The summed E-state index contributed by atoms with van der Waals surface area (Å²) in [7, 11) is 1.90. The highest BCUT2D eigenvalue weighted by molar-refractivity contribution is 7.98. The van der Waals surface area contributed by atoms with Crippen LogP contribution in [0.5, 0.6) is 5.75 Å². The van der Waals surface area contributed by atoms with Crippen molar-refractivity contribution in [3.05, 3.63) is 24.2 Å². The highest BCUT2D eigenvalue weighted by atomic mass is 32.2. The standard InChI is InChI=1S/C17H19F3N2O3S2.C4H10/c1-21-3-4-22(10-7-17(19,20)8-10)12-5-15(26-2)13(6-14(12)27-21)25-9-11(18)16(23)24;1-3-4-2/h5-6,9-10H,3-4,7-8H2,1-2H3,(H,23,24);3-4H2,1-2H3/b11-9-;. The Hall–Kier alpha value is -1.52. The molecule has 1 N–H and O–H groups in total. The van der Waals surface area contributed by atoms with E-state index < -0.39 is 17.7 Å². The zero-order valence-electron chi connectivity index (χ0n) is 18.2. The van der Waals surface area contributed by atoms with Crippen LogP contribution in [-0.2, 0) is 4.79 Å². The molecule has 0 radical (unpaired) electrons. The van der Waals surface area contributed by atoms with Gasteiger partial charge in [0.25, 0.3) is 5.92 Å². The molecule has 0 unspecified atom stereocenters. The summed E-state index contributed by atoms with van der Waals surface area (Å²) < 4.78 is 47.3. The Bertz CT molecular complexity index is 798. The molecule has 1 saturated carbocycles. The number of alkyl halides is 2. The molecule has 1 heterocycles. The molecule has 0 spiro atoms. The molecule has 0 atom stereocenters. The number of hydrogen-bond donors (Lipinski definition) is 1. The molecule has 0 aromatic heterocycles. The zero-order chi connectivity index (χ0) is 23.2. The number of benzene rings is 1. The number of likely N-dealkylation sites (N-methyl/N-ethyl adjacent to an activating group) is 1. The third kappa shape index (κ3) is 6.98. The van der Waals surface area contributed by atoms with E-state index in [1.807, 2.05) is 28.6 Å². The monoisotopic (exact) mass is 478 g/mol. The van der Waals surface area contributed by atoms with E-state index in [1.165, 1.54) is 36.6 Å². The first kappa shape index (κ1) is 25.7. The van der Waals surface area contributed by atoms with Gasteiger partial charge in [-0.1, -0.05) is 26.7 Å². The van der Waals surface area contributed by atoms with Crippen molar-refractivity contribution in [1.29, 1.82) is 0 Å². The van der Waals surface area contributed by atoms with E-state index in [2.05, 4.69) is 13.8 Å². The van der Waals surface area contributed by atoms with Gasteiger partial charge < -0.3 is 14.7 Å². The summed E-state index contributed by atoms with van der Waals surface area (Å²) in [5.41, 5.74) is 0.837. The van der Waals surface area contributed by atoms with Crippen molar-refractivity contribution in [3.8, 4) is 5.75 Å². The Labute approximate surface area is 190 Å². The van der Waals surface area contributed by atoms with E-state index in [0.29, 0.717) is 30.0 Å². The molecule has 31 heavy (non-hydrogen) atoms. The third-order valence-electron chi connectivity index (χ3n) is 4.97. The Morgan fingerprint density at radius 3 is 2.48 bits per heavy atom. The fourth-order valence-electron chi connectivity index (χ4n) is 3.06. The van der Waals surface area contributed by atoms with Crippen LogP contribution in [0.2, 0.25) is 0 Å². The quantitative estimate of drug-likeness (QED) is 0.231. The van der Waals surface area contributed by atoms with Crippen LogP contribution >= 0.6 is 23.7 Å². The molecule has 0 saturated heterocycles. The van der Waals surface area contributed by atoms with Gasteiger partial charge in [-0.3, -0.25) is 0 Å². The molecule has 10 heteroatoms. The number of fused-ring (bicyclic) bond motifs is 1. The molecule has 0 amide bonds. The molecule has 1 aliphatic heterocycles. The molecule has 1 aromatic rings. The van der Waals surface area contributed by atoms with Crippen molar-refractivity contribution in [3.63, 3.8) is 0 Å². The minimum absolute atomic E-state index is 0.166. The van der Waals surface area contributed by atoms with Crippen LogP contribution in [0.25, 0.3) is 0 Å². The first-order valence-corrected chi connectivity index (χ1v) is 12.1. The van der Waals surface area contributed by atoms with E-state index in [9.17, 15) is 18.0 Å². The summed E-state index contributed by atoms with van der Waals surface area (Å²) in [4.78, 5) is 14.1. The molecule has 174 valence electrons. The molecule has 0 bridgehead atoms. The van der Waals surface area contributed by atoms with E-state index in [1.54, 1.807) is 6.07 Å².